The first-order valence-electron chi connectivity index (χ1n) is 5.73. The molecule has 0 aromatic carbocycles. The monoisotopic (exact) mass is 218 g/mol. The van der Waals surface area contributed by atoms with Gasteiger partial charge in [-0.05, 0) is 30.4 Å². The van der Waals surface area contributed by atoms with E-state index in [1.807, 2.05) is 18.2 Å². The molecule has 1 saturated carbocycles. The van der Waals surface area contributed by atoms with Gasteiger partial charge in [-0.25, -0.2) is 0 Å². The lowest BCUT2D eigenvalue weighted by atomic mass is 9.81. The van der Waals surface area contributed by atoms with Crippen LogP contribution < -0.4 is 0 Å². The van der Waals surface area contributed by atoms with Crippen molar-refractivity contribution in [2.45, 2.75) is 31.5 Å². The Morgan fingerprint density at radius 2 is 2.31 bits per heavy atom. The highest BCUT2D eigenvalue weighted by atomic mass is 16.5. The Bertz CT molecular complexity index is 417. The molecule has 0 bridgehead atoms. The Kier molecular flexibility index (Phi) is 2.21. The van der Waals surface area contributed by atoms with Gasteiger partial charge in [0.1, 0.15) is 6.10 Å². The van der Waals surface area contributed by atoms with E-state index in [-0.39, 0.29) is 18.1 Å². The zero-order valence-electron chi connectivity index (χ0n) is 8.93. The largest absolute Gasteiger partial charge is 0.481 e. The molecule has 3 nitrogen and oxygen atoms in total. The molecule has 84 valence electrons. The Morgan fingerprint density at radius 3 is 3.12 bits per heavy atom. The van der Waals surface area contributed by atoms with Crippen LogP contribution in [0.1, 0.15) is 19.3 Å². The van der Waals surface area contributed by atoms with Gasteiger partial charge in [0.05, 0.1) is 12.0 Å². The lowest BCUT2D eigenvalue weighted by Crippen LogP contribution is -2.33. The van der Waals surface area contributed by atoms with Crippen molar-refractivity contribution in [2.24, 2.45) is 5.92 Å². The summed E-state index contributed by atoms with van der Waals surface area (Å²) in [6.45, 7) is 0. The normalized spacial score (nSPS) is 36.1. The van der Waals surface area contributed by atoms with Crippen molar-refractivity contribution in [1.29, 1.82) is 0 Å². The van der Waals surface area contributed by atoms with E-state index in [9.17, 15) is 9.90 Å². The van der Waals surface area contributed by atoms with Crippen LogP contribution in [0.3, 0.4) is 0 Å². The molecule has 0 radical (unpaired) electrons. The maximum atomic E-state index is 11.2. The predicted molar refractivity (Wildman–Crippen MR) is 58.9 cm³/mol. The zero-order chi connectivity index (χ0) is 11.1. The average Bonchev–Trinajstić information content (AvgIpc) is 2.67. The summed E-state index contributed by atoms with van der Waals surface area (Å²) >= 11 is 0. The van der Waals surface area contributed by atoms with Crippen molar-refractivity contribution in [3.63, 3.8) is 0 Å². The third-order valence-electron chi connectivity index (χ3n) is 3.63. The number of carboxylic acid groups (broad SMARTS) is 1. The maximum absolute atomic E-state index is 11.2. The molecular formula is C13H14O3. The summed E-state index contributed by atoms with van der Waals surface area (Å²) in [5, 5.41) is 9.18. The van der Waals surface area contributed by atoms with E-state index in [0.717, 1.165) is 19.3 Å². The lowest BCUT2D eigenvalue weighted by molar-refractivity contribution is -0.147. The van der Waals surface area contributed by atoms with Crippen LogP contribution in [0.25, 0.3) is 0 Å². The number of ether oxygens (including phenoxy) is 1. The van der Waals surface area contributed by atoms with Gasteiger partial charge in [-0.1, -0.05) is 24.3 Å². The second-order valence-electron chi connectivity index (χ2n) is 4.54. The Labute approximate surface area is 94.1 Å². The van der Waals surface area contributed by atoms with E-state index in [4.69, 9.17) is 4.74 Å². The second-order valence-corrected chi connectivity index (χ2v) is 4.54. The number of allylic oxidation sites excluding steroid dienone is 2. The van der Waals surface area contributed by atoms with Crippen molar-refractivity contribution in [1.82, 2.24) is 0 Å². The summed E-state index contributed by atoms with van der Waals surface area (Å²) in [5.74, 6) is -1.09. The molecule has 0 saturated heterocycles. The van der Waals surface area contributed by atoms with Crippen LogP contribution in [0, 0.1) is 5.92 Å². The van der Waals surface area contributed by atoms with Crippen LogP contribution in [-0.4, -0.2) is 23.3 Å². The Morgan fingerprint density at radius 1 is 1.44 bits per heavy atom. The first-order chi connectivity index (χ1) is 7.77. The van der Waals surface area contributed by atoms with Gasteiger partial charge in [0, 0.05) is 0 Å². The fraction of sp³-hybridized carbons (Fsp3) is 0.462. The van der Waals surface area contributed by atoms with E-state index >= 15 is 0 Å². The summed E-state index contributed by atoms with van der Waals surface area (Å²) in [4.78, 5) is 11.2. The molecule has 1 heterocycles. The van der Waals surface area contributed by atoms with Crippen molar-refractivity contribution in [3.8, 4) is 0 Å². The predicted octanol–water partition coefficient (Wildman–Crippen LogP) is 2.06. The molecule has 3 rings (SSSR count). The molecule has 3 atom stereocenters. The topological polar surface area (TPSA) is 46.5 Å². The number of rotatable bonds is 1. The van der Waals surface area contributed by atoms with E-state index in [1.165, 1.54) is 11.1 Å². The minimum absolute atomic E-state index is 0.00931. The van der Waals surface area contributed by atoms with Crippen molar-refractivity contribution in [2.75, 3.05) is 0 Å². The third kappa shape index (κ3) is 1.35. The Hall–Kier alpha value is -1.35. The molecule has 3 heteroatoms. The maximum Gasteiger partial charge on any atom is 0.309 e. The quantitative estimate of drug-likeness (QED) is 0.732. The number of carbonyl (C=O) groups is 1. The van der Waals surface area contributed by atoms with Gasteiger partial charge in [-0.3, -0.25) is 4.79 Å². The molecule has 1 fully saturated rings. The van der Waals surface area contributed by atoms with Crippen LogP contribution in [0.5, 0.6) is 0 Å². The van der Waals surface area contributed by atoms with Crippen LogP contribution in [0.2, 0.25) is 0 Å². The van der Waals surface area contributed by atoms with Gasteiger partial charge >= 0.3 is 5.97 Å². The molecule has 0 spiro atoms. The fourth-order valence-electron chi connectivity index (χ4n) is 2.88. The minimum atomic E-state index is -0.727. The van der Waals surface area contributed by atoms with Gasteiger partial charge in [0.15, 0.2) is 0 Å². The first kappa shape index (κ1) is 9.85. The number of aliphatic carboxylic acids is 1. The highest BCUT2D eigenvalue weighted by Crippen LogP contribution is 2.42. The number of fused-ring (bicyclic) bond motifs is 2. The third-order valence-corrected chi connectivity index (χ3v) is 3.63. The van der Waals surface area contributed by atoms with Gasteiger partial charge in [-0.15, -0.1) is 0 Å². The molecule has 3 unspecified atom stereocenters. The molecule has 0 aromatic rings. The van der Waals surface area contributed by atoms with Crippen molar-refractivity contribution < 1.29 is 14.6 Å². The highest BCUT2D eigenvalue weighted by molar-refractivity contribution is 5.72. The minimum Gasteiger partial charge on any atom is -0.481 e. The molecule has 1 N–H and O–H groups in total. The van der Waals surface area contributed by atoms with Crippen LogP contribution in [0.4, 0.5) is 0 Å². The van der Waals surface area contributed by atoms with E-state index < -0.39 is 5.97 Å². The Balaban J connectivity index is 1.97. The summed E-state index contributed by atoms with van der Waals surface area (Å²) in [6, 6.07) is 0. The van der Waals surface area contributed by atoms with Gasteiger partial charge in [0.2, 0.25) is 0 Å². The van der Waals surface area contributed by atoms with E-state index in [1.54, 1.807) is 0 Å². The molecular weight excluding hydrogens is 204 g/mol. The van der Waals surface area contributed by atoms with E-state index in [2.05, 4.69) is 6.08 Å². The van der Waals surface area contributed by atoms with Crippen LogP contribution in [0.15, 0.2) is 35.5 Å². The summed E-state index contributed by atoms with van der Waals surface area (Å²) in [6.07, 6.45) is 10.5. The zero-order valence-corrected chi connectivity index (χ0v) is 8.93. The number of hydrogen-bond acceptors (Lipinski definition) is 2. The number of hydrogen-bond donors (Lipinski definition) is 1. The molecule has 2 aliphatic carbocycles. The van der Waals surface area contributed by atoms with Gasteiger partial charge < -0.3 is 9.84 Å². The molecule has 1 aliphatic heterocycles. The summed E-state index contributed by atoms with van der Waals surface area (Å²) in [7, 11) is 0. The van der Waals surface area contributed by atoms with E-state index in [0.29, 0.717) is 0 Å². The highest BCUT2D eigenvalue weighted by Gasteiger charge is 2.42. The van der Waals surface area contributed by atoms with Crippen LogP contribution >= 0.6 is 0 Å². The standard InChI is InChI=1S/C13H14O3/c14-13(15)10-6-3-5-9-8-4-1-2-7-11(8)16-12(9)10/h1-2,4,7,10-12H,3,5-6H2,(H,14,15). The second kappa shape index (κ2) is 3.59. The summed E-state index contributed by atoms with van der Waals surface area (Å²) < 4.78 is 5.85. The van der Waals surface area contributed by atoms with Gasteiger partial charge in [-0.2, -0.15) is 0 Å². The lowest BCUT2D eigenvalue weighted by Gasteiger charge is -2.27. The molecule has 16 heavy (non-hydrogen) atoms. The SMILES string of the molecule is O=C(O)C1CCCC2=C3C=CC=CC3OC21. The fourth-order valence-corrected chi connectivity index (χ4v) is 2.88. The van der Waals surface area contributed by atoms with Crippen LogP contribution in [-0.2, 0) is 9.53 Å². The van der Waals surface area contributed by atoms with Crippen molar-refractivity contribution >= 4 is 5.97 Å². The van der Waals surface area contributed by atoms with Gasteiger partial charge in [0.25, 0.3) is 0 Å². The first-order valence-corrected chi connectivity index (χ1v) is 5.73. The number of carboxylic acids is 1. The summed E-state index contributed by atoms with van der Waals surface area (Å²) in [5.41, 5.74) is 2.41. The van der Waals surface area contributed by atoms with Crippen molar-refractivity contribution in [3.05, 3.63) is 35.5 Å². The molecule has 3 aliphatic rings. The smallest absolute Gasteiger partial charge is 0.309 e. The molecule has 0 amide bonds. The average molecular weight is 218 g/mol. The molecule has 0 aromatic heterocycles.